The van der Waals surface area contributed by atoms with Gasteiger partial charge < -0.3 is 15.4 Å². The van der Waals surface area contributed by atoms with E-state index in [9.17, 15) is 14.4 Å². The molecule has 0 saturated carbocycles. The average molecular weight is 389 g/mol. The van der Waals surface area contributed by atoms with Crippen molar-refractivity contribution in [1.29, 1.82) is 0 Å². The van der Waals surface area contributed by atoms with Gasteiger partial charge in [0.2, 0.25) is 5.91 Å². The third-order valence-corrected chi connectivity index (χ3v) is 3.85. The molecule has 2 aromatic carbocycles. The Kier molecular flexibility index (Phi) is 7.82. The molecule has 0 atom stereocenters. The van der Waals surface area contributed by atoms with Gasteiger partial charge >= 0.3 is 5.97 Å². The highest BCUT2D eigenvalue weighted by Crippen LogP contribution is 2.13. The zero-order valence-electron chi connectivity index (χ0n) is 15.0. The molecule has 0 aliphatic heterocycles. The van der Waals surface area contributed by atoms with Crippen LogP contribution in [0.5, 0.6) is 5.75 Å². The van der Waals surface area contributed by atoms with Crippen LogP contribution in [0.4, 0.5) is 0 Å². The largest absolute Gasteiger partial charge is 0.427 e. The number of carbonyl (C=O) groups is 3. The van der Waals surface area contributed by atoms with Gasteiger partial charge in [0.25, 0.3) is 5.91 Å². The number of hydrogen-bond donors (Lipinski definition) is 2. The standard InChI is InChI=1S/C20H21ClN2O4/c1-14(24)27-18-5-2-4-16(13-18)20(26)23-11-3-10-22-19(25)12-15-6-8-17(21)9-7-15/h2,4-9,13H,3,10-12H2,1H3,(H,22,25)(H,23,26). The van der Waals surface area contributed by atoms with E-state index in [2.05, 4.69) is 10.6 Å². The lowest BCUT2D eigenvalue weighted by atomic mass is 10.1. The summed E-state index contributed by atoms with van der Waals surface area (Å²) in [6.45, 7) is 2.17. The van der Waals surface area contributed by atoms with Crippen molar-refractivity contribution in [3.8, 4) is 5.75 Å². The second-order valence-corrected chi connectivity index (χ2v) is 6.32. The summed E-state index contributed by atoms with van der Waals surface area (Å²) in [5, 5.41) is 6.21. The molecule has 2 amide bonds. The Morgan fingerprint density at radius 2 is 1.70 bits per heavy atom. The summed E-state index contributed by atoms with van der Waals surface area (Å²) in [5.74, 6) is -0.472. The highest BCUT2D eigenvalue weighted by molar-refractivity contribution is 6.30. The van der Waals surface area contributed by atoms with Crippen LogP contribution in [0.15, 0.2) is 48.5 Å². The summed E-state index contributed by atoms with van der Waals surface area (Å²) in [7, 11) is 0. The van der Waals surface area contributed by atoms with Gasteiger partial charge in [0.1, 0.15) is 5.75 Å². The fourth-order valence-corrected chi connectivity index (χ4v) is 2.46. The van der Waals surface area contributed by atoms with Crippen molar-refractivity contribution in [3.63, 3.8) is 0 Å². The predicted molar refractivity (Wildman–Crippen MR) is 103 cm³/mol. The lowest BCUT2D eigenvalue weighted by Crippen LogP contribution is -2.30. The molecule has 0 fully saturated rings. The van der Waals surface area contributed by atoms with Gasteiger partial charge in [-0.3, -0.25) is 14.4 Å². The van der Waals surface area contributed by atoms with E-state index in [0.29, 0.717) is 35.8 Å². The zero-order valence-corrected chi connectivity index (χ0v) is 15.7. The maximum Gasteiger partial charge on any atom is 0.308 e. The Hall–Kier alpha value is -2.86. The van der Waals surface area contributed by atoms with E-state index >= 15 is 0 Å². The van der Waals surface area contributed by atoms with Gasteiger partial charge in [-0.05, 0) is 42.3 Å². The molecule has 142 valence electrons. The first-order valence-electron chi connectivity index (χ1n) is 8.52. The molecular weight excluding hydrogens is 368 g/mol. The third-order valence-electron chi connectivity index (χ3n) is 3.60. The minimum Gasteiger partial charge on any atom is -0.427 e. The Labute approximate surface area is 162 Å². The van der Waals surface area contributed by atoms with Crippen LogP contribution in [-0.2, 0) is 16.0 Å². The topological polar surface area (TPSA) is 84.5 Å². The molecule has 2 rings (SSSR count). The Morgan fingerprint density at radius 3 is 2.41 bits per heavy atom. The molecule has 0 unspecified atom stereocenters. The predicted octanol–water partition coefficient (Wildman–Crippen LogP) is 2.74. The van der Waals surface area contributed by atoms with E-state index in [1.807, 2.05) is 12.1 Å². The minimum atomic E-state index is -0.443. The van der Waals surface area contributed by atoms with Crippen molar-refractivity contribution in [2.24, 2.45) is 0 Å². The van der Waals surface area contributed by atoms with E-state index in [1.165, 1.54) is 13.0 Å². The first-order valence-corrected chi connectivity index (χ1v) is 8.89. The van der Waals surface area contributed by atoms with Gasteiger partial charge in [-0.2, -0.15) is 0 Å². The summed E-state index contributed by atoms with van der Waals surface area (Å²) in [6.07, 6.45) is 0.883. The molecule has 6 nitrogen and oxygen atoms in total. The van der Waals surface area contributed by atoms with E-state index in [4.69, 9.17) is 16.3 Å². The summed E-state index contributed by atoms with van der Waals surface area (Å²) >= 11 is 5.81. The lowest BCUT2D eigenvalue weighted by Gasteiger charge is -2.08. The molecule has 27 heavy (non-hydrogen) atoms. The van der Waals surface area contributed by atoms with Gasteiger partial charge in [-0.1, -0.05) is 29.8 Å². The van der Waals surface area contributed by atoms with E-state index < -0.39 is 5.97 Å². The number of carbonyl (C=O) groups excluding carboxylic acids is 3. The lowest BCUT2D eigenvalue weighted by molar-refractivity contribution is -0.131. The number of esters is 1. The van der Waals surface area contributed by atoms with E-state index in [0.717, 1.165) is 5.56 Å². The van der Waals surface area contributed by atoms with Crippen LogP contribution in [0.25, 0.3) is 0 Å². The van der Waals surface area contributed by atoms with Crippen molar-refractivity contribution in [3.05, 3.63) is 64.7 Å². The molecule has 0 aliphatic rings. The molecule has 0 bridgehead atoms. The van der Waals surface area contributed by atoms with Gasteiger partial charge in [0, 0.05) is 30.6 Å². The number of benzene rings is 2. The molecule has 0 heterocycles. The van der Waals surface area contributed by atoms with Crippen LogP contribution < -0.4 is 15.4 Å². The van der Waals surface area contributed by atoms with Crippen molar-refractivity contribution in [2.45, 2.75) is 19.8 Å². The normalized spacial score (nSPS) is 10.1. The van der Waals surface area contributed by atoms with Crippen LogP contribution in [0.1, 0.15) is 29.3 Å². The zero-order chi connectivity index (χ0) is 19.6. The smallest absolute Gasteiger partial charge is 0.308 e. The molecule has 0 radical (unpaired) electrons. The highest BCUT2D eigenvalue weighted by atomic mass is 35.5. The molecule has 7 heteroatoms. The monoisotopic (exact) mass is 388 g/mol. The Morgan fingerprint density at radius 1 is 1.00 bits per heavy atom. The quantitative estimate of drug-likeness (QED) is 0.413. The Balaban J connectivity index is 1.67. The summed E-state index contributed by atoms with van der Waals surface area (Å²) < 4.78 is 4.96. The molecule has 0 saturated heterocycles. The molecule has 2 N–H and O–H groups in total. The van der Waals surface area contributed by atoms with Crippen molar-refractivity contribution >= 4 is 29.4 Å². The van der Waals surface area contributed by atoms with Gasteiger partial charge in [-0.25, -0.2) is 0 Å². The molecule has 0 aromatic heterocycles. The number of hydrogen-bond acceptors (Lipinski definition) is 4. The molecule has 0 aliphatic carbocycles. The van der Waals surface area contributed by atoms with Crippen molar-refractivity contribution in [1.82, 2.24) is 10.6 Å². The number of nitrogens with one attached hydrogen (secondary N) is 2. The second-order valence-electron chi connectivity index (χ2n) is 5.88. The fourth-order valence-electron chi connectivity index (χ4n) is 2.34. The third kappa shape index (κ3) is 7.50. The van der Waals surface area contributed by atoms with Crippen LogP contribution in [0.3, 0.4) is 0 Å². The van der Waals surface area contributed by atoms with Crippen LogP contribution >= 0.6 is 11.6 Å². The number of amides is 2. The second kappa shape index (κ2) is 10.3. The Bertz CT molecular complexity index is 806. The van der Waals surface area contributed by atoms with E-state index in [-0.39, 0.29) is 18.2 Å². The van der Waals surface area contributed by atoms with Crippen LogP contribution in [-0.4, -0.2) is 30.9 Å². The van der Waals surface area contributed by atoms with Crippen molar-refractivity contribution < 1.29 is 19.1 Å². The first-order chi connectivity index (χ1) is 12.9. The van der Waals surface area contributed by atoms with E-state index in [1.54, 1.807) is 30.3 Å². The molecule has 2 aromatic rings. The first kappa shape index (κ1) is 20.5. The number of halogens is 1. The number of ether oxygens (including phenoxy) is 1. The maximum absolute atomic E-state index is 12.1. The van der Waals surface area contributed by atoms with Crippen LogP contribution in [0, 0.1) is 0 Å². The summed E-state index contributed by atoms with van der Waals surface area (Å²) in [4.78, 5) is 34.9. The maximum atomic E-state index is 12.1. The van der Waals surface area contributed by atoms with Crippen molar-refractivity contribution in [2.75, 3.05) is 13.1 Å². The number of rotatable bonds is 8. The SMILES string of the molecule is CC(=O)Oc1cccc(C(=O)NCCCNC(=O)Cc2ccc(Cl)cc2)c1. The van der Waals surface area contributed by atoms with Crippen LogP contribution in [0.2, 0.25) is 5.02 Å². The minimum absolute atomic E-state index is 0.0854. The molecule has 0 spiro atoms. The summed E-state index contributed by atoms with van der Waals surface area (Å²) in [5.41, 5.74) is 1.29. The fraction of sp³-hybridized carbons (Fsp3) is 0.250. The summed E-state index contributed by atoms with van der Waals surface area (Å²) in [6, 6.07) is 13.5. The van der Waals surface area contributed by atoms with Gasteiger partial charge in [0.15, 0.2) is 0 Å². The molecular formula is C20H21ClN2O4. The highest BCUT2D eigenvalue weighted by Gasteiger charge is 2.08. The van der Waals surface area contributed by atoms with Gasteiger partial charge in [-0.15, -0.1) is 0 Å². The average Bonchev–Trinajstić information content (AvgIpc) is 2.63. The van der Waals surface area contributed by atoms with Gasteiger partial charge in [0.05, 0.1) is 6.42 Å².